The van der Waals surface area contributed by atoms with Crippen LogP contribution in [0.5, 0.6) is 0 Å². The van der Waals surface area contributed by atoms with Crippen LogP contribution in [-0.4, -0.2) is 30.4 Å². The Morgan fingerprint density at radius 3 is 2.75 bits per heavy atom. The number of rotatable bonds is 7. The molecule has 108 valence electrons. The first-order chi connectivity index (χ1) is 9.52. The highest BCUT2D eigenvalue weighted by Crippen LogP contribution is 2.16. The SMILES string of the molecule is CC(C)CN(CCC#N)CC(=O)Nc1ccccc1N. The van der Waals surface area contributed by atoms with Gasteiger partial charge in [-0.25, -0.2) is 0 Å². The number of nitriles is 1. The van der Waals surface area contributed by atoms with Gasteiger partial charge in [-0.05, 0) is 18.1 Å². The molecule has 0 radical (unpaired) electrons. The number of nitrogens with two attached hydrogens (primary N) is 1. The standard InChI is InChI=1S/C15H22N4O/c1-12(2)10-19(9-5-8-16)11-15(20)18-14-7-4-3-6-13(14)17/h3-4,6-7,12H,5,9-11,17H2,1-2H3,(H,18,20). The van der Waals surface area contributed by atoms with Crippen molar-refractivity contribution in [1.82, 2.24) is 4.90 Å². The quantitative estimate of drug-likeness (QED) is 0.746. The lowest BCUT2D eigenvalue weighted by Gasteiger charge is -2.22. The Labute approximate surface area is 120 Å². The molecule has 1 rings (SSSR count). The number of hydrogen-bond donors (Lipinski definition) is 2. The molecule has 5 nitrogen and oxygen atoms in total. The number of amides is 1. The maximum absolute atomic E-state index is 12.0. The van der Waals surface area contributed by atoms with Gasteiger partial charge in [0.1, 0.15) is 0 Å². The molecule has 0 atom stereocenters. The van der Waals surface area contributed by atoms with Gasteiger partial charge in [0.05, 0.1) is 24.0 Å². The fourth-order valence-corrected chi connectivity index (χ4v) is 1.96. The van der Waals surface area contributed by atoms with Crippen LogP contribution >= 0.6 is 0 Å². The molecule has 0 aromatic heterocycles. The lowest BCUT2D eigenvalue weighted by atomic mass is 10.2. The van der Waals surface area contributed by atoms with Crippen LogP contribution in [0.25, 0.3) is 0 Å². The Balaban J connectivity index is 2.57. The fraction of sp³-hybridized carbons (Fsp3) is 0.467. The van der Waals surface area contributed by atoms with Crippen molar-refractivity contribution in [3.8, 4) is 6.07 Å². The zero-order valence-electron chi connectivity index (χ0n) is 12.1. The summed E-state index contributed by atoms with van der Waals surface area (Å²) in [6.45, 7) is 5.85. The molecule has 0 saturated heterocycles. The first-order valence-corrected chi connectivity index (χ1v) is 6.76. The van der Waals surface area contributed by atoms with Gasteiger partial charge in [-0.2, -0.15) is 5.26 Å². The molecule has 0 spiro atoms. The summed E-state index contributed by atoms with van der Waals surface area (Å²) >= 11 is 0. The summed E-state index contributed by atoms with van der Waals surface area (Å²) in [7, 11) is 0. The second-order valence-corrected chi connectivity index (χ2v) is 5.17. The lowest BCUT2D eigenvalue weighted by Crippen LogP contribution is -2.36. The number of carbonyl (C=O) groups is 1. The number of nitrogens with one attached hydrogen (secondary N) is 1. The number of nitrogens with zero attached hydrogens (tertiary/aromatic N) is 2. The van der Waals surface area contributed by atoms with E-state index in [2.05, 4.69) is 25.2 Å². The maximum atomic E-state index is 12.0. The van der Waals surface area contributed by atoms with Crippen LogP contribution in [0.2, 0.25) is 0 Å². The van der Waals surface area contributed by atoms with Crippen molar-refractivity contribution in [2.45, 2.75) is 20.3 Å². The van der Waals surface area contributed by atoms with E-state index >= 15 is 0 Å². The average molecular weight is 274 g/mol. The molecule has 0 fully saturated rings. The van der Waals surface area contributed by atoms with E-state index in [0.29, 0.717) is 30.3 Å². The molecule has 0 aliphatic heterocycles. The van der Waals surface area contributed by atoms with E-state index in [1.54, 1.807) is 12.1 Å². The van der Waals surface area contributed by atoms with Crippen molar-refractivity contribution >= 4 is 17.3 Å². The molecule has 0 aliphatic carbocycles. The highest BCUT2D eigenvalue weighted by atomic mass is 16.2. The van der Waals surface area contributed by atoms with Gasteiger partial charge in [-0.1, -0.05) is 26.0 Å². The summed E-state index contributed by atoms with van der Waals surface area (Å²) in [5.41, 5.74) is 6.97. The van der Waals surface area contributed by atoms with Crippen molar-refractivity contribution in [3.63, 3.8) is 0 Å². The van der Waals surface area contributed by atoms with Crippen molar-refractivity contribution < 1.29 is 4.79 Å². The summed E-state index contributed by atoms with van der Waals surface area (Å²) in [4.78, 5) is 14.0. The van der Waals surface area contributed by atoms with Gasteiger partial charge in [0.25, 0.3) is 0 Å². The summed E-state index contributed by atoms with van der Waals surface area (Å²) in [6.07, 6.45) is 0.424. The molecule has 0 bridgehead atoms. The zero-order chi connectivity index (χ0) is 15.0. The molecule has 20 heavy (non-hydrogen) atoms. The first kappa shape index (κ1) is 16.0. The van der Waals surface area contributed by atoms with Gasteiger partial charge >= 0.3 is 0 Å². The van der Waals surface area contributed by atoms with E-state index in [4.69, 9.17) is 11.0 Å². The maximum Gasteiger partial charge on any atom is 0.238 e. The Morgan fingerprint density at radius 2 is 2.15 bits per heavy atom. The molecule has 0 saturated carbocycles. The molecule has 0 unspecified atom stereocenters. The minimum absolute atomic E-state index is 0.110. The lowest BCUT2D eigenvalue weighted by molar-refractivity contribution is -0.117. The van der Waals surface area contributed by atoms with Crippen LogP contribution in [-0.2, 0) is 4.79 Å². The molecule has 5 heteroatoms. The van der Waals surface area contributed by atoms with Gasteiger partial charge in [-0.3, -0.25) is 9.69 Å². The van der Waals surface area contributed by atoms with Crippen LogP contribution in [0.1, 0.15) is 20.3 Å². The normalized spacial score (nSPS) is 10.6. The van der Waals surface area contributed by atoms with Crippen LogP contribution in [0.15, 0.2) is 24.3 Å². The second-order valence-electron chi connectivity index (χ2n) is 5.17. The van der Waals surface area contributed by atoms with Gasteiger partial charge in [0, 0.05) is 19.5 Å². The number of carbonyl (C=O) groups excluding carboxylic acids is 1. The first-order valence-electron chi connectivity index (χ1n) is 6.76. The van der Waals surface area contributed by atoms with Gasteiger partial charge in [0.15, 0.2) is 0 Å². The van der Waals surface area contributed by atoms with Gasteiger partial charge in [-0.15, -0.1) is 0 Å². The predicted octanol–water partition coefficient (Wildman–Crippen LogP) is 2.08. The monoisotopic (exact) mass is 274 g/mol. The third-order valence-corrected chi connectivity index (χ3v) is 2.77. The minimum Gasteiger partial charge on any atom is -0.397 e. The van der Waals surface area contributed by atoms with Crippen molar-refractivity contribution in [2.75, 3.05) is 30.7 Å². The molecule has 3 N–H and O–H groups in total. The van der Waals surface area contributed by atoms with E-state index in [1.165, 1.54) is 0 Å². The average Bonchev–Trinajstić information content (AvgIpc) is 2.38. The Bertz CT molecular complexity index is 479. The highest BCUT2D eigenvalue weighted by Gasteiger charge is 2.12. The van der Waals surface area contributed by atoms with E-state index in [1.807, 2.05) is 17.0 Å². The summed E-state index contributed by atoms with van der Waals surface area (Å²) in [5.74, 6) is 0.338. The minimum atomic E-state index is -0.110. The zero-order valence-corrected chi connectivity index (χ0v) is 12.1. The third-order valence-electron chi connectivity index (χ3n) is 2.77. The molecule has 0 aliphatic rings. The number of para-hydroxylation sites is 2. The van der Waals surface area contributed by atoms with Crippen LogP contribution in [0.3, 0.4) is 0 Å². The molecule has 0 heterocycles. The second kappa shape index (κ2) is 8.18. The summed E-state index contributed by atoms with van der Waals surface area (Å²) < 4.78 is 0. The predicted molar refractivity (Wildman–Crippen MR) is 81.0 cm³/mol. The van der Waals surface area contributed by atoms with E-state index in [0.717, 1.165) is 6.54 Å². The number of benzene rings is 1. The molecule has 1 aromatic carbocycles. The smallest absolute Gasteiger partial charge is 0.238 e. The summed E-state index contributed by atoms with van der Waals surface area (Å²) in [6, 6.07) is 9.28. The molecule has 1 amide bonds. The van der Waals surface area contributed by atoms with Crippen LogP contribution in [0.4, 0.5) is 11.4 Å². The third kappa shape index (κ3) is 5.72. The fourth-order valence-electron chi connectivity index (χ4n) is 1.96. The van der Waals surface area contributed by atoms with Crippen LogP contribution < -0.4 is 11.1 Å². The Morgan fingerprint density at radius 1 is 1.45 bits per heavy atom. The topological polar surface area (TPSA) is 82.2 Å². The van der Waals surface area contributed by atoms with E-state index in [9.17, 15) is 4.79 Å². The summed E-state index contributed by atoms with van der Waals surface area (Å²) in [5, 5.41) is 11.5. The van der Waals surface area contributed by atoms with E-state index in [-0.39, 0.29) is 12.5 Å². The Kier molecular flexibility index (Phi) is 6.54. The highest BCUT2D eigenvalue weighted by molar-refractivity contribution is 5.95. The van der Waals surface area contributed by atoms with Gasteiger partial charge in [0.2, 0.25) is 5.91 Å². The Hall–Kier alpha value is -2.06. The van der Waals surface area contributed by atoms with Gasteiger partial charge < -0.3 is 11.1 Å². The van der Waals surface area contributed by atoms with Crippen molar-refractivity contribution in [1.29, 1.82) is 5.26 Å². The number of anilines is 2. The van der Waals surface area contributed by atoms with Crippen molar-refractivity contribution in [2.24, 2.45) is 5.92 Å². The molecular formula is C15H22N4O. The largest absolute Gasteiger partial charge is 0.397 e. The van der Waals surface area contributed by atoms with E-state index < -0.39 is 0 Å². The number of hydrogen-bond acceptors (Lipinski definition) is 4. The molecule has 1 aromatic rings. The van der Waals surface area contributed by atoms with Crippen LogP contribution in [0, 0.1) is 17.2 Å². The molecular weight excluding hydrogens is 252 g/mol. The number of nitrogen functional groups attached to an aromatic ring is 1. The van der Waals surface area contributed by atoms with Crippen molar-refractivity contribution in [3.05, 3.63) is 24.3 Å².